The zero-order chi connectivity index (χ0) is 13.9. The quantitative estimate of drug-likeness (QED) is 0.817. The van der Waals surface area contributed by atoms with Crippen LogP contribution in [0.15, 0.2) is 29.1 Å². The van der Waals surface area contributed by atoms with Gasteiger partial charge < -0.3 is 4.74 Å². The van der Waals surface area contributed by atoms with E-state index in [-0.39, 0.29) is 11.4 Å². The van der Waals surface area contributed by atoms with Crippen molar-refractivity contribution in [2.45, 2.75) is 25.3 Å². The van der Waals surface area contributed by atoms with Gasteiger partial charge in [0.2, 0.25) is 0 Å². The Labute approximate surface area is 122 Å². The van der Waals surface area contributed by atoms with E-state index in [0.717, 1.165) is 31.6 Å². The zero-order valence-corrected chi connectivity index (χ0v) is 12.0. The van der Waals surface area contributed by atoms with Crippen molar-refractivity contribution in [2.24, 2.45) is 5.92 Å². The van der Waals surface area contributed by atoms with Crippen LogP contribution in [-0.4, -0.2) is 22.8 Å². The summed E-state index contributed by atoms with van der Waals surface area (Å²) in [4.78, 5) is 17.1. The van der Waals surface area contributed by atoms with Crippen molar-refractivity contribution in [3.05, 3.63) is 40.4 Å². The van der Waals surface area contributed by atoms with E-state index in [1.165, 1.54) is 0 Å². The molecule has 5 heteroatoms. The lowest BCUT2D eigenvalue weighted by Gasteiger charge is -2.23. The van der Waals surface area contributed by atoms with E-state index < -0.39 is 0 Å². The van der Waals surface area contributed by atoms with Crippen LogP contribution in [0.25, 0.3) is 10.9 Å². The van der Waals surface area contributed by atoms with Crippen molar-refractivity contribution >= 4 is 22.5 Å². The van der Waals surface area contributed by atoms with Gasteiger partial charge in [-0.25, -0.2) is 4.98 Å². The zero-order valence-electron chi connectivity index (χ0n) is 11.2. The Morgan fingerprint density at radius 2 is 2.05 bits per heavy atom. The van der Waals surface area contributed by atoms with Gasteiger partial charge in [0.15, 0.2) is 0 Å². The summed E-state index contributed by atoms with van der Waals surface area (Å²) in [6.45, 7) is 2.23. The lowest BCUT2D eigenvalue weighted by Crippen LogP contribution is -2.30. The summed E-state index contributed by atoms with van der Waals surface area (Å²) in [5, 5.41) is 0.661. The third kappa shape index (κ3) is 2.58. The van der Waals surface area contributed by atoms with Crippen LogP contribution in [0.5, 0.6) is 0 Å². The minimum absolute atomic E-state index is 0.0118. The molecule has 0 aliphatic carbocycles. The molecular formula is C15H17ClN2O2. The number of aromatic nitrogens is 2. The Morgan fingerprint density at radius 1 is 1.30 bits per heavy atom. The van der Waals surface area contributed by atoms with Gasteiger partial charge in [-0.2, -0.15) is 0 Å². The standard InChI is InChI=1S/C15H17ClN2O2/c16-9-14-17-13-4-2-1-3-12(13)15(19)18(14)10-11-5-7-20-8-6-11/h1-4,11H,5-10H2. The molecule has 0 radical (unpaired) electrons. The average molecular weight is 293 g/mol. The fourth-order valence-corrected chi connectivity index (χ4v) is 2.90. The second-order valence-electron chi connectivity index (χ2n) is 5.15. The van der Waals surface area contributed by atoms with Gasteiger partial charge in [0.25, 0.3) is 5.56 Å². The van der Waals surface area contributed by atoms with Gasteiger partial charge in [0.1, 0.15) is 5.82 Å². The molecule has 4 nitrogen and oxygen atoms in total. The van der Waals surface area contributed by atoms with Gasteiger partial charge in [-0.3, -0.25) is 9.36 Å². The number of para-hydroxylation sites is 1. The highest BCUT2D eigenvalue weighted by Gasteiger charge is 2.18. The van der Waals surface area contributed by atoms with Gasteiger partial charge in [-0.05, 0) is 30.9 Å². The van der Waals surface area contributed by atoms with Crippen molar-refractivity contribution in [1.29, 1.82) is 0 Å². The molecule has 3 rings (SSSR count). The molecule has 2 heterocycles. The Kier molecular flexibility index (Phi) is 4.03. The number of fused-ring (bicyclic) bond motifs is 1. The van der Waals surface area contributed by atoms with Crippen molar-refractivity contribution in [3.8, 4) is 0 Å². The number of halogens is 1. The summed E-state index contributed by atoms with van der Waals surface area (Å²) in [5.41, 5.74) is 0.731. The van der Waals surface area contributed by atoms with Gasteiger partial charge in [0, 0.05) is 19.8 Å². The highest BCUT2D eigenvalue weighted by Crippen LogP contribution is 2.18. The molecule has 0 N–H and O–H groups in total. The largest absolute Gasteiger partial charge is 0.381 e. The van der Waals surface area contributed by atoms with E-state index in [1.807, 2.05) is 24.3 Å². The molecule has 1 aromatic carbocycles. The third-order valence-corrected chi connectivity index (χ3v) is 4.08. The Bertz CT molecular complexity index is 662. The van der Waals surface area contributed by atoms with E-state index in [9.17, 15) is 4.79 Å². The molecule has 20 heavy (non-hydrogen) atoms. The second kappa shape index (κ2) is 5.94. The van der Waals surface area contributed by atoms with Crippen LogP contribution in [0.4, 0.5) is 0 Å². The molecule has 0 atom stereocenters. The summed E-state index contributed by atoms with van der Waals surface area (Å²) in [6, 6.07) is 7.43. The summed E-state index contributed by atoms with van der Waals surface area (Å²) in [6.07, 6.45) is 1.97. The predicted molar refractivity (Wildman–Crippen MR) is 79.1 cm³/mol. The van der Waals surface area contributed by atoms with Gasteiger partial charge in [-0.1, -0.05) is 12.1 Å². The maximum atomic E-state index is 12.6. The van der Waals surface area contributed by atoms with E-state index in [2.05, 4.69) is 4.98 Å². The summed E-state index contributed by atoms with van der Waals surface area (Å²) >= 11 is 5.98. The van der Waals surface area contributed by atoms with E-state index in [1.54, 1.807) is 4.57 Å². The van der Waals surface area contributed by atoms with Gasteiger partial charge in [-0.15, -0.1) is 11.6 Å². The normalized spacial score (nSPS) is 16.6. The van der Waals surface area contributed by atoms with E-state index >= 15 is 0 Å². The molecule has 1 aliphatic rings. The molecule has 2 aromatic rings. The molecule has 1 saturated heterocycles. The Hall–Kier alpha value is -1.39. The maximum absolute atomic E-state index is 12.6. The average Bonchev–Trinajstić information content (AvgIpc) is 2.51. The predicted octanol–water partition coefficient (Wildman–Crippen LogP) is 2.56. The lowest BCUT2D eigenvalue weighted by atomic mass is 10.0. The number of benzene rings is 1. The fourth-order valence-electron chi connectivity index (χ4n) is 2.69. The molecule has 0 spiro atoms. The van der Waals surface area contributed by atoms with Crippen LogP contribution in [0.2, 0.25) is 0 Å². The summed E-state index contributed by atoms with van der Waals surface area (Å²) in [7, 11) is 0. The van der Waals surface area contributed by atoms with Gasteiger partial charge in [0.05, 0.1) is 16.8 Å². The molecule has 1 fully saturated rings. The monoisotopic (exact) mass is 292 g/mol. The van der Waals surface area contributed by atoms with Crippen molar-refractivity contribution in [3.63, 3.8) is 0 Å². The highest BCUT2D eigenvalue weighted by molar-refractivity contribution is 6.16. The molecule has 0 amide bonds. The SMILES string of the molecule is O=c1c2ccccc2nc(CCl)n1CC1CCOCC1. The molecule has 0 unspecified atom stereocenters. The number of rotatable bonds is 3. The molecule has 1 aromatic heterocycles. The second-order valence-corrected chi connectivity index (χ2v) is 5.42. The lowest BCUT2D eigenvalue weighted by molar-refractivity contribution is 0.0607. The Balaban J connectivity index is 2.03. The smallest absolute Gasteiger partial charge is 0.261 e. The number of hydrogen-bond donors (Lipinski definition) is 0. The van der Waals surface area contributed by atoms with Gasteiger partial charge >= 0.3 is 0 Å². The van der Waals surface area contributed by atoms with E-state index in [0.29, 0.717) is 23.7 Å². The minimum Gasteiger partial charge on any atom is -0.381 e. The van der Waals surface area contributed by atoms with Crippen molar-refractivity contribution in [2.75, 3.05) is 13.2 Å². The molecular weight excluding hydrogens is 276 g/mol. The van der Waals surface area contributed by atoms with Crippen LogP contribution < -0.4 is 5.56 Å². The van der Waals surface area contributed by atoms with Crippen molar-refractivity contribution < 1.29 is 4.74 Å². The van der Waals surface area contributed by atoms with E-state index in [4.69, 9.17) is 16.3 Å². The molecule has 106 valence electrons. The minimum atomic E-state index is 0.0118. The van der Waals surface area contributed by atoms with Crippen molar-refractivity contribution in [1.82, 2.24) is 9.55 Å². The first kappa shape index (κ1) is 13.6. The maximum Gasteiger partial charge on any atom is 0.261 e. The van der Waals surface area contributed by atoms with Crippen LogP contribution in [0.1, 0.15) is 18.7 Å². The van der Waals surface area contributed by atoms with Crippen LogP contribution in [0, 0.1) is 5.92 Å². The first-order valence-corrected chi connectivity index (χ1v) is 7.45. The molecule has 0 bridgehead atoms. The van der Waals surface area contributed by atoms with Crippen LogP contribution >= 0.6 is 11.6 Å². The third-order valence-electron chi connectivity index (χ3n) is 3.84. The number of ether oxygens (including phenoxy) is 1. The summed E-state index contributed by atoms with van der Waals surface area (Å²) in [5.74, 6) is 1.37. The highest BCUT2D eigenvalue weighted by atomic mass is 35.5. The van der Waals surface area contributed by atoms with Crippen LogP contribution in [0.3, 0.4) is 0 Å². The van der Waals surface area contributed by atoms with Crippen LogP contribution in [-0.2, 0) is 17.2 Å². The Morgan fingerprint density at radius 3 is 2.80 bits per heavy atom. The fraction of sp³-hybridized carbons (Fsp3) is 0.467. The first-order valence-electron chi connectivity index (χ1n) is 6.92. The topological polar surface area (TPSA) is 44.1 Å². The first-order chi connectivity index (χ1) is 9.79. The number of hydrogen-bond acceptors (Lipinski definition) is 3. The molecule has 0 saturated carbocycles. The summed E-state index contributed by atoms with van der Waals surface area (Å²) < 4.78 is 7.11. The number of nitrogens with zero attached hydrogens (tertiary/aromatic N) is 2. The molecule has 1 aliphatic heterocycles. The number of alkyl halides is 1.